The molecule has 0 spiro atoms. The number of likely N-dealkylation sites (N-methyl/N-ethyl adjacent to an activating group) is 1. The van der Waals surface area contributed by atoms with Crippen LogP contribution in [0.4, 0.5) is 4.79 Å². The third-order valence-electron chi connectivity index (χ3n) is 5.99. The maximum atomic E-state index is 12.8. The van der Waals surface area contributed by atoms with Crippen molar-refractivity contribution in [3.8, 4) is 11.8 Å². The number of carbonyl (C=O) groups is 4. The van der Waals surface area contributed by atoms with Crippen LogP contribution in [0.15, 0.2) is 35.5 Å². The van der Waals surface area contributed by atoms with Crippen LogP contribution < -0.4 is 5.43 Å². The molecule has 2 amide bonds. The Bertz CT molecular complexity index is 958. The lowest BCUT2D eigenvalue weighted by molar-refractivity contribution is -0.125. The molecule has 0 unspecified atom stereocenters. The van der Waals surface area contributed by atoms with Gasteiger partial charge in [0.1, 0.15) is 18.2 Å². The molecule has 0 aliphatic rings. The second-order valence-corrected chi connectivity index (χ2v) is 11.0. The number of ether oxygens (including phenoxy) is 2. The minimum Gasteiger partial charge on any atom is -0.444 e. The van der Waals surface area contributed by atoms with Gasteiger partial charge in [0, 0.05) is 70.3 Å². The number of unbranched alkanes of at least 4 members (excludes halogenated alkanes) is 4. The number of aldehydes is 2. The molecule has 42 heavy (non-hydrogen) atoms. The summed E-state index contributed by atoms with van der Waals surface area (Å²) in [7, 11) is 1.69. The fourth-order valence-electron chi connectivity index (χ4n) is 3.82. The summed E-state index contributed by atoms with van der Waals surface area (Å²) in [6.45, 7) is 15.9. The van der Waals surface area contributed by atoms with Gasteiger partial charge in [-0.05, 0) is 59.0 Å². The SMILES string of the molecule is C=C/C(C=O)=C(CN(C)NC(=O)CCCC=O)\C(C#CCCN(CCCCOCCCCC)C(=O)OC(C)(C)C)=C/C. The van der Waals surface area contributed by atoms with Crippen LogP contribution in [0.5, 0.6) is 0 Å². The molecule has 236 valence electrons. The molecule has 1 N–H and O–H groups in total. The van der Waals surface area contributed by atoms with Crippen LogP contribution in [0.25, 0.3) is 0 Å². The van der Waals surface area contributed by atoms with Crippen molar-refractivity contribution >= 4 is 24.6 Å². The molecule has 0 fully saturated rings. The molecule has 0 bridgehead atoms. The van der Waals surface area contributed by atoms with Crippen molar-refractivity contribution in [1.82, 2.24) is 15.3 Å². The Morgan fingerprint density at radius 1 is 1.02 bits per heavy atom. The number of amides is 2. The zero-order chi connectivity index (χ0) is 31.8. The molecule has 0 rings (SSSR count). The topological polar surface area (TPSA) is 105 Å². The van der Waals surface area contributed by atoms with E-state index < -0.39 is 5.60 Å². The second-order valence-electron chi connectivity index (χ2n) is 11.0. The number of nitrogens with zero attached hydrogens (tertiary/aromatic N) is 2. The van der Waals surface area contributed by atoms with Crippen molar-refractivity contribution in [3.63, 3.8) is 0 Å². The van der Waals surface area contributed by atoms with Crippen LogP contribution in [0.1, 0.15) is 92.4 Å². The molecule has 0 aromatic rings. The van der Waals surface area contributed by atoms with Gasteiger partial charge in [-0.2, -0.15) is 0 Å². The van der Waals surface area contributed by atoms with E-state index in [9.17, 15) is 19.2 Å². The van der Waals surface area contributed by atoms with Gasteiger partial charge in [-0.1, -0.05) is 50.3 Å². The van der Waals surface area contributed by atoms with Crippen LogP contribution in [0.2, 0.25) is 0 Å². The smallest absolute Gasteiger partial charge is 0.410 e. The van der Waals surface area contributed by atoms with Gasteiger partial charge in [-0.15, -0.1) is 0 Å². The van der Waals surface area contributed by atoms with Crippen LogP contribution >= 0.6 is 0 Å². The maximum absolute atomic E-state index is 12.8. The molecule has 0 aliphatic carbocycles. The summed E-state index contributed by atoms with van der Waals surface area (Å²) in [5.41, 5.74) is 3.77. The first-order valence-corrected chi connectivity index (χ1v) is 15.0. The van der Waals surface area contributed by atoms with Gasteiger partial charge in [0.05, 0.1) is 0 Å². The van der Waals surface area contributed by atoms with Crippen molar-refractivity contribution in [2.45, 2.75) is 98.0 Å². The standard InChI is InChI=1S/C33H53N3O6/c1-8-11-17-24-41-25-18-15-22-36(32(40)42-33(4,5)6)21-14-12-19-28(9-2)30(29(10-3)27-38)26-35(7)34-31(39)20-13-16-23-37/h9-10,23,27H,3,8,11,13-18,20-22,24-26H2,1-2,4-7H3,(H,34,39)/b28-9-,30-29+. The third-order valence-corrected chi connectivity index (χ3v) is 5.99. The molecule has 0 aromatic carbocycles. The van der Waals surface area contributed by atoms with Crippen LogP contribution in [-0.2, 0) is 23.9 Å². The highest BCUT2D eigenvalue weighted by molar-refractivity contribution is 5.81. The van der Waals surface area contributed by atoms with Crippen molar-refractivity contribution in [1.29, 1.82) is 0 Å². The van der Waals surface area contributed by atoms with Crippen molar-refractivity contribution in [2.75, 3.05) is 39.9 Å². The van der Waals surface area contributed by atoms with Gasteiger partial charge in [0.2, 0.25) is 5.91 Å². The molecule has 0 heterocycles. The van der Waals surface area contributed by atoms with Gasteiger partial charge < -0.3 is 19.2 Å². The highest BCUT2D eigenvalue weighted by Gasteiger charge is 2.21. The number of hydrogen-bond donors (Lipinski definition) is 1. The average Bonchev–Trinajstić information content (AvgIpc) is 2.92. The summed E-state index contributed by atoms with van der Waals surface area (Å²) in [6, 6.07) is 0. The highest BCUT2D eigenvalue weighted by Crippen LogP contribution is 2.16. The maximum Gasteiger partial charge on any atom is 0.410 e. The molecule has 0 radical (unpaired) electrons. The normalized spacial score (nSPS) is 12.1. The van der Waals surface area contributed by atoms with Crippen LogP contribution in [-0.4, -0.2) is 80.0 Å². The molecular formula is C33H53N3O6. The Morgan fingerprint density at radius 3 is 2.29 bits per heavy atom. The van der Waals surface area contributed by atoms with E-state index in [-0.39, 0.29) is 25.0 Å². The zero-order valence-corrected chi connectivity index (χ0v) is 26.8. The largest absolute Gasteiger partial charge is 0.444 e. The van der Waals surface area contributed by atoms with Gasteiger partial charge in [-0.3, -0.25) is 15.0 Å². The van der Waals surface area contributed by atoms with Crippen LogP contribution in [0, 0.1) is 11.8 Å². The Labute approximate surface area is 253 Å². The van der Waals surface area contributed by atoms with E-state index >= 15 is 0 Å². The zero-order valence-electron chi connectivity index (χ0n) is 26.8. The van der Waals surface area contributed by atoms with Crippen LogP contribution in [0.3, 0.4) is 0 Å². The number of allylic oxidation sites excluding steroid dienone is 3. The molecule has 0 saturated carbocycles. The number of nitrogens with one attached hydrogen (secondary N) is 1. The first-order valence-electron chi connectivity index (χ1n) is 15.0. The summed E-state index contributed by atoms with van der Waals surface area (Å²) < 4.78 is 11.3. The number of rotatable bonds is 21. The van der Waals surface area contributed by atoms with E-state index in [1.807, 2.05) is 27.7 Å². The number of hydrazine groups is 1. The van der Waals surface area contributed by atoms with E-state index in [1.165, 1.54) is 12.5 Å². The lowest BCUT2D eigenvalue weighted by atomic mass is 10.00. The lowest BCUT2D eigenvalue weighted by Gasteiger charge is -2.27. The van der Waals surface area contributed by atoms with Crippen molar-refractivity contribution in [2.24, 2.45) is 0 Å². The molecule has 0 aromatic heterocycles. The third kappa shape index (κ3) is 19.0. The summed E-state index contributed by atoms with van der Waals surface area (Å²) >= 11 is 0. The quantitative estimate of drug-likeness (QED) is 0.0468. The molecular weight excluding hydrogens is 534 g/mol. The predicted octanol–water partition coefficient (Wildman–Crippen LogP) is 5.56. The second kappa shape index (κ2) is 23.4. The fourth-order valence-corrected chi connectivity index (χ4v) is 3.82. The summed E-state index contributed by atoms with van der Waals surface area (Å²) in [5, 5.41) is 1.58. The van der Waals surface area contributed by atoms with E-state index in [0.29, 0.717) is 62.0 Å². The van der Waals surface area contributed by atoms with Crippen molar-refractivity contribution in [3.05, 3.63) is 35.5 Å². The van der Waals surface area contributed by atoms with E-state index in [0.717, 1.165) is 38.6 Å². The number of hydrogen-bond acceptors (Lipinski definition) is 7. The lowest BCUT2D eigenvalue weighted by Crippen LogP contribution is -2.40. The van der Waals surface area contributed by atoms with Gasteiger partial charge in [0.15, 0.2) is 0 Å². The summed E-state index contributed by atoms with van der Waals surface area (Å²) in [6.07, 6.45) is 10.9. The predicted molar refractivity (Wildman–Crippen MR) is 168 cm³/mol. The van der Waals surface area contributed by atoms with E-state index in [4.69, 9.17) is 9.47 Å². The monoisotopic (exact) mass is 587 g/mol. The molecule has 9 nitrogen and oxygen atoms in total. The van der Waals surface area contributed by atoms with E-state index in [2.05, 4.69) is 30.8 Å². The Kier molecular flexibility index (Phi) is 21.6. The van der Waals surface area contributed by atoms with E-state index in [1.54, 1.807) is 23.0 Å². The Hall–Kier alpha value is -3.22. The minimum atomic E-state index is -0.604. The highest BCUT2D eigenvalue weighted by atomic mass is 16.6. The Balaban J connectivity index is 5.38. The minimum absolute atomic E-state index is 0.219. The van der Waals surface area contributed by atoms with Gasteiger partial charge in [0.25, 0.3) is 0 Å². The van der Waals surface area contributed by atoms with Crippen molar-refractivity contribution < 1.29 is 28.7 Å². The number of carbonyl (C=O) groups excluding carboxylic acids is 4. The van der Waals surface area contributed by atoms with Gasteiger partial charge >= 0.3 is 6.09 Å². The van der Waals surface area contributed by atoms with Gasteiger partial charge in [-0.25, -0.2) is 9.80 Å². The molecule has 9 heteroatoms. The molecule has 0 atom stereocenters. The first kappa shape index (κ1) is 38.8. The molecule has 0 saturated heterocycles. The summed E-state index contributed by atoms with van der Waals surface area (Å²) in [5.74, 6) is 6.04. The first-order chi connectivity index (χ1) is 20.0. The fraction of sp³-hybridized carbons (Fsp3) is 0.636. The Morgan fingerprint density at radius 2 is 1.71 bits per heavy atom. The average molecular weight is 588 g/mol. The summed E-state index contributed by atoms with van der Waals surface area (Å²) in [4.78, 5) is 49.0. The molecule has 0 aliphatic heterocycles.